The van der Waals surface area contributed by atoms with E-state index in [1.807, 2.05) is 18.3 Å². The monoisotopic (exact) mass is 343 g/mol. The van der Waals surface area contributed by atoms with E-state index in [1.165, 1.54) is 22.0 Å². The molecule has 1 aromatic carbocycles. The van der Waals surface area contributed by atoms with E-state index in [0.717, 1.165) is 0 Å². The number of hydrogen-bond acceptors (Lipinski definition) is 3. The highest BCUT2D eigenvalue weighted by Crippen LogP contribution is 2.14. The van der Waals surface area contributed by atoms with Gasteiger partial charge in [0.1, 0.15) is 6.04 Å². The molecule has 0 aliphatic carbocycles. The zero-order chi connectivity index (χ0) is 17.1. The van der Waals surface area contributed by atoms with Crippen LogP contribution in [0.1, 0.15) is 24.1 Å². The zero-order valence-corrected chi connectivity index (χ0v) is 14.2. The van der Waals surface area contributed by atoms with E-state index in [2.05, 4.69) is 34.6 Å². The Balaban J connectivity index is 1.65. The normalized spacial score (nSPS) is 12.1. The maximum absolute atomic E-state index is 12.3. The van der Waals surface area contributed by atoms with Crippen molar-refractivity contribution in [1.29, 1.82) is 0 Å². The van der Waals surface area contributed by atoms with Gasteiger partial charge in [-0.25, -0.2) is 0 Å². The SMILES string of the molecule is Cc1ccccc1Cn1ccc(NC(=O)C(C)n2cc(Cl)cn2)n1. The van der Waals surface area contributed by atoms with Crippen LogP contribution < -0.4 is 5.32 Å². The molecule has 24 heavy (non-hydrogen) atoms. The van der Waals surface area contributed by atoms with Gasteiger partial charge in [0.25, 0.3) is 0 Å². The third-order valence-corrected chi connectivity index (χ3v) is 4.03. The summed E-state index contributed by atoms with van der Waals surface area (Å²) >= 11 is 5.83. The lowest BCUT2D eigenvalue weighted by Crippen LogP contribution is -2.24. The Morgan fingerprint density at radius 1 is 1.33 bits per heavy atom. The standard InChI is InChI=1S/C17H18ClN5O/c1-12-5-3-4-6-14(12)10-22-8-7-16(21-22)20-17(24)13(2)23-11-15(18)9-19-23/h3-9,11,13H,10H2,1-2H3,(H,20,21,24). The molecule has 3 rings (SSSR count). The Labute approximate surface area is 145 Å². The number of anilines is 1. The number of hydrogen-bond donors (Lipinski definition) is 1. The minimum absolute atomic E-state index is 0.198. The van der Waals surface area contributed by atoms with Gasteiger partial charge in [-0.15, -0.1) is 0 Å². The molecule has 3 aromatic rings. The lowest BCUT2D eigenvalue weighted by Gasteiger charge is -2.11. The Morgan fingerprint density at radius 3 is 2.83 bits per heavy atom. The van der Waals surface area contributed by atoms with Gasteiger partial charge in [-0.3, -0.25) is 14.2 Å². The number of benzene rings is 1. The number of rotatable bonds is 5. The number of nitrogens with one attached hydrogen (secondary N) is 1. The molecule has 0 aliphatic heterocycles. The van der Waals surface area contributed by atoms with Crippen molar-refractivity contribution in [3.63, 3.8) is 0 Å². The predicted octanol–water partition coefficient (Wildman–Crippen LogP) is 3.29. The lowest BCUT2D eigenvalue weighted by atomic mass is 10.1. The van der Waals surface area contributed by atoms with Crippen LogP contribution in [0.5, 0.6) is 0 Å². The molecule has 1 N–H and O–H groups in total. The molecule has 124 valence electrons. The molecule has 0 radical (unpaired) electrons. The van der Waals surface area contributed by atoms with Crippen LogP contribution in [0, 0.1) is 6.92 Å². The third kappa shape index (κ3) is 3.65. The molecule has 2 heterocycles. The van der Waals surface area contributed by atoms with E-state index in [4.69, 9.17) is 11.6 Å². The molecule has 7 heteroatoms. The van der Waals surface area contributed by atoms with Gasteiger partial charge < -0.3 is 5.32 Å². The highest BCUT2D eigenvalue weighted by atomic mass is 35.5. The molecule has 2 aromatic heterocycles. The van der Waals surface area contributed by atoms with Crippen LogP contribution in [0.4, 0.5) is 5.82 Å². The summed E-state index contributed by atoms with van der Waals surface area (Å²) in [5, 5.41) is 11.7. The molecule has 0 fully saturated rings. The number of carbonyl (C=O) groups is 1. The summed E-state index contributed by atoms with van der Waals surface area (Å²) in [4.78, 5) is 12.3. The van der Waals surface area contributed by atoms with Gasteiger partial charge in [0.15, 0.2) is 5.82 Å². The number of aromatic nitrogens is 4. The highest BCUT2D eigenvalue weighted by molar-refractivity contribution is 6.30. The molecule has 0 spiro atoms. The summed E-state index contributed by atoms with van der Waals surface area (Å²) in [6, 6.07) is 9.46. The predicted molar refractivity (Wildman–Crippen MR) is 93.1 cm³/mol. The van der Waals surface area contributed by atoms with Crippen molar-refractivity contribution in [3.05, 3.63) is 65.1 Å². The van der Waals surface area contributed by atoms with Crippen molar-refractivity contribution < 1.29 is 4.79 Å². The second kappa shape index (κ2) is 6.88. The van der Waals surface area contributed by atoms with Gasteiger partial charge in [-0.2, -0.15) is 10.2 Å². The van der Waals surface area contributed by atoms with Gasteiger partial charge in [0, 0.05) is 18.5 Å². The van der Waals surface area contributed by atoms with E-state index < -0.39 is 6.04 Å². The van der Waals surface area contributed by atoms with Crippen molar-refractivity contribution >= 4 is 23.3 Å². The summed E-state index contributed by atoms with van der Waals surface area (Å²) in [5.74, 6) is 0.314. The summed E-state index contributed by atoms with van der Waals surface area (Å²) in [6.07, 6.45) is 4.96. The Morgan fingerprint density at radius 2 is 2.12 bits per heavy atom. The number of aryl methyl sites for hydroxylation is 1. The Bertz CT molecular complexity index is 854. The molecule has 0 bridgehead atoms. The average Bonchev–Trinajstić information content (AvgIpc) is 3.18. The summed E-state index contributed by atoms with van der Waals surface area (Å²) < 4.78 is 3.31. The fourth-order valence-corrected chi connectivity index (χ4v) is 2.50. The maximum Gasteiger partial charge on any atom is 0.250 e. The van der Waals surface area contributed by atoms with Crippen LogP contribution in [0.15, 0.2) is 48.9 Å². The van der Waals surface area contributed by atoms with Crippen LogP contribution in [-0.4, -0.2) is 25.5 Å². The first kappa shape index (κ1) is 16.3. The minimum atomic E-state index is -0.473. The third-order valence-electron chi connectivity index (χ3n) is 3.83. The highest BCUT2D eigenvalue weighted by Gasteiger charge is 2.17. The van der Waals surface area contributed by atoms with Crippen molar-refractivity contribution in [2.24, 2.45) is 0 Å². The molecule has 1 amide bonds. The smallest absolute Gasteiger partial charge is 0.250 e. The van der Waals surface area contributed by atoms with Gasteiger partial charge in [-0.05, 0) is 25.0 Å². The van der Waals surface area contributed by atoms with Gasteiger partial charge >= 0.3 is 0 Å². The molecule has 0 saturated heterocycles. The van der Waals surface area contributed by atoms with Crippen molar-refractivity contribution in [2.75, 3.05) is 5.32 Å². The fourth-order valence-electron chi connectivity index (χ4n) is 2.36. The van der Waals surface area contributed by atoms with Gasteiger partial charge in [0.05, 0.1) is 17.8 Å². The van der Waals surface area contributed by atoms with Crippen LogP contribution in [0.2, 0.25) is 5.02 Å². The number of amides is 1. The number of carbonyl (C=O) groups excluding carboxylic acids is 1. The molecular weight excluding hydrogens is 326 g/mol. The molecular formula is C17H18ClN5O. The summed E-state index contributed by atoms with van der Waals surface area (Å²) in [6.45, 7) is 4.48. The van der Waals surface area contributed by atoms with Crippen molar-refractivity contribution in [1.82, 2.24) is 19.6 Å². The average molecular weight is 344 g/mol. The Hall–Kier alpha value is -2.60. The van der Waals surface area contributed by atoms with Crippen LogP contribution in [0.25, 0.3) is 0 Å². The molecule has 1 atom stereocenters. The maximum atomic E-state index is 12.3. The fraction of sp³-hybridized carbons (Fsp3) is 0.235. The molecule has 1 unspecified atom stereocenters. The second-order valence-electron chi connectivity index (χ2n) is 5.63. The largest absolute Gasteiger partial charge is 0.307 e. The second-order valence-corrected chi connectivity index (χ2v) is 6.07. The first-order chi connectivity index (χ1) is 11.5. The van der Waals surface area contributed by atoms with Crippen LogP contribution in [-0.2, 0) is 11.3 Å². The zero-order valence-electron chi connectivity index (χ0n) is 13.5. The van der Waals surface area contributed by atoms with Crippen LogP contribution in [0.3, 0.4) is 0 Å². The van der Waals surface area contributed by atoms with Gasteiger partial charge in [-0.1, -0.05) is 35.9 Å². The molecule has 6 nitrogen and oxygen atoms in total. The van der Waals surface area contributed by atoms with E-state index >= 15 is 0 Å². The lowest BCUT2D eigenvalue weighted by molar-refractivity contribution is -0.119. The first-order valence-corrected chi connectivity index (χ1v) is 7.99. The van der Waals surface area contributed by atoms with E-state index in [1.54, 1.807) is 23.9 Å². The summed E-state index contributed by atoms with van der Waals surface area (Å²) in [5.41, 5.74) is 2.40. The molecule has 0 aliphatic rings. The van der Waals surface area contributed by atoms with Crippen molar-refractivity contribution in [3.8, 4) is 0 Å². The molecule has 0 saturated carbocycles. The Kier molecular flexibility index (Phi) is 4.66. The number of halogens is 1. The van der Waals surface area contributed by atoms with Crippen molar-refractivity contribution in [2.45, 2.75) is 26.4 Å². The van der Waals surface area contributed by atoms with Crippen LogP contribution >= 0.6 is 11.6 Å². The van der Waals surface area contributed by atoms with E-state index in [0.29, 0.717) is 17.4 Å². The van der Waals surface area contributed by atoms with E-state index in [-0.39, 0.29) is 5.91 Å². The summed E-state index contributed by atoms with van der Waals surface area (Å²) in [7, 11) is 0. The first-order valence-electron chi connectivity index (χ1n) is 7.61. The van der Waals surface area contributed by atoms with Gasteiger partial charge in [0.2, 0.25) is 5.91 Å². The minimum Gasteiger partial charge on any atom is -0.307 e. The quantitative estimate of drug-likeness (QED) is 0.773. The topological polar surface area (TPSA) is 64.7 Å². The van der Waals surface area contributed by atoms with E-state index in [9.17, 15) is 4.79 Å². The number of nitrogens with zero attached hydrogens (tertiary/aromatic N) is 4.